The van der Waals surface area contributed by atoms with E-state index < -0.39 is 10.8 Å². The Morgan fingerprint density at radius 2 is 1.26 bits per heavy atom. The second-order valence-corrected chi connectivity index (χ2v) is 11.5. The average molecular weight is 523 g/mol. The molecule has 0 unspecified atom stereocenters. The van der Waals surface area contributed by atoms with Gasteiger partial charge in [-0.1, -0.05) is 26.7 Å². The Bertz CT molecular complexity index is 1170. The molecule has 0 heterocycles. The standard InChI is InChI=1S/C32H42O6/c1-10-12-22-20-23(13-11-2)28(38-30(35)32(6,7)8)25(27(22)36-9)18-19-26(33)21-14-16-24(17-15-21)37-29(34)31(3,4)5/h14-20H,10-13H2,1-9H3. The second kappa shape index (κ2) is 12.9. The predicted molar refractivity (Wildman–Crippen MR) is 151 cm³/mol. The van der Waals surface area contributed by atoms with Gasteiger partial charge in [0.1, 0.15) is 17.2 Å². The number of carbonyl (C=O) groups excluding carboxylic acids is 3. The van der Waals surface area contributed by atoms with Crippen molar-refractivity contribution in [2.45, 2.75) is 81.1 Å². The summed E-state index contributed by atoms with van der Waals surface area (Å²) in [6, 6.07) is 8.48. The van der Waals surface area contributed by atoms with E-state index in [1.54, 1.807) is 79.0 Å². The van der Waals surface area contributed by atoms with Crippen molar-refractivity contribution in [3.63, 3.8) is 0 Å². The van der Waals surface area contributed by atoms with E-state index in [4.69, 9.17) is 14.2 Å². The van der Waals surface area contributed by atoms with Crippen LogP contribution >= 0.6 is 0 Å². The van der Waals surface area contributed by atoms with Crippen molar-refractivity contribution in [1.29, 1.82) is 0 Å². The highest BCUT2D eigenvalue weighted by atomic mass is 16.5. The maximum atomic E-state index is 13.1. The highest BCUT2D eigenvalue weighted by Gasteiger charge is 2.28. The van der Waals surface area contributed by atoms with Gasteiger partial charge in [-0.15, -0.1) is 0 Å². The molecular weight excluding hydrogens is 480 g/mol. The van der Waals surface area contributed by atoms with Gasteiger partial charge in [0.05, 0.1) is 23.5 Å². The van der Waals surface area contributed by atoms with Gasteiger partial charge >= 0.3 is 11.9 Å². The Morgan fingerprint density at radius 3 is 1.74 bits per heavy atom. The fourth-order valence-corrected chi connectivity index (χ4v) is 3.66. The molecule has 0 N–H and O–H groups in total. The quantitative estimate of drug-likeness (QED) is 0.140. The SMILES string of the molecule is CCCc1cc(CCC)c(OC(=O)C(C)(C)C)c(C=CC(=O)c2ccc(OC(=O)C(C)(C)C)cc2)c1OC. The predicted octanol–water partition coefficient (Wildman–Crippen LogP) is 7.40. The third kappa shape index (κ3) is 8.04. The number of rotatable bonds is 10. The van der Waals surface area contributed by atoms with Crippen LogP contribution in [0.15, 0.2) is 36.4 Å². The largest absolute Gasteiger partial charge is 0.496 e. The van der Waals surface area contributed by atoms with Crippen LogP contribution in [0.4, 0.5) is 0 Å². The van der Waals surface area contributed by atoms with E-state index in [1.807, 2.05) is 6.07 Å². The van der Waals surface area contributed by atoms with Crippen LogP contribution in [0, 0.1) is 10.8 Å². The Balaban J connectivity index is 2.51. The topological polar surface area (TPSA) is 78.9 Å². The third-order valence-electron chi connectivity index (χ3n) is 5.83. The van der Waals surface area contributed by atoms with Crippen LogP contribution in [0.5, 0.6) is 17.2 Å². The molecule has 38 heavy (non-hydrogen) atoms. The molecule has 0 bridgehead atoms. The van der Waals surface area contributed by atoms with Crippen molar-refractivity contribution < 1.29 is 28.6 Å². The van der Waals surface area contributed by atoms with Crippen LogP contribution in [-0.4, -0.2) is 24.8 Å². The summed E-state index contributed by atoms with van der Waals surface area (Å²) in [4.78, 5) is 38.1. The first-order valence-electron chi connectivity index (χ1n) is 13.2. The molecule has 0 saturated carbocycles. The van der Waals surface area contributed by atoms with E-state index in [-0.39, 0.29) is 17.7 Å². The number of hydrogen-bond donors (Lipinski definition) is 0. The number of esters is 2. The highest BCUT2D eigenvalue weighted by molar-refractivity contribution is 6.07. The molecule has 0 atom stereocenters. The first kappa shape index (κ1) is 30.8. The maximum absolute atomic E-state index is 13.1. The zero-order valence-corrected chi connectivity index (χ0v) is 24.3. The first-order chi connectivity index (χ1) is 17.7. The molecule has 0 amide bonds. The van der Waals surface area contributed by atoms with Gasteiger partial charge in [-0.2, -0.15) is 0 Å². The lowest BCUT2D eigenvalue weighted by atomic mass is 9.94. The molecule has 206 valence electrons. The minimum absolute atomic E-state index is 0.244. The van der Waals surface area contributed by atoms with Crippen molar-refractivity contribution in [3.8, 4) is 17.2 Å². The van der Waals surface area contributed by atoms with Crippen LogP contribution in [0.25, 0.3) is 6.08 Å². The van der Waals surface area contributed by atoms with Crippen molar-refractivity contribution in [1.82, 2.24) is 0 Å². The summed E-state index contributed by atoms with van der Waals surface area (Å²) in [6.45, 7) is 14.9. The van der Waals surface area contributed by atoms with Crippen molar-refractivity contribution in [2.24, 2.45) is 10.8 Å². The third-order valence-corrected chi connectivity index (χ3v) is 5.83. The molecule has 6 heteroatoms. The zero-order chi connectivity index (χ0) is 28.7. The smallest absolute Gasteiger partial charge is 0.316 e. The lowest BCUT2D eigenvalue weighted by Gasteiger charge is -2.22. The number of carbonyl (C=O) groups is 3. The van der Waals surface area contributed by atoms with Gasteiger partial charge in [0.2, 0.25) is 0 Å². The normalized spacial score (nSPS) is 11.9. The molecule has 6 nitrogen and oxygen atoms in total. The lowest BCUT2D eigenvalue weighted by molar-refractivity contribution is -0.143. The Kier molecular flexibility index (Phi) is 10.5. The van der Waals surface area contributed by atoms with E-state index in [0.717, 1.165) is 36.8 Å². The Labute approximate surface area is 227 Å². The lowest BCUT2D eigenvalue weighted by Crippen LogP contribution is -2.26. The summed E-state index contributed by atoms with van der Waals surface area (Å²) in [5.41, 5.74) is 1.59. The molecule has 0 aromatic heterocycles. The summed E-state index contributed by atoms with van der Waals surface area (Å²) < 4.78 is 17.1. The summed E-state index contributed by atoms with van der Waals surface area (Å²) in [5.74, 6) is 0.442. The van der Waals surface area contributed by atoms with E-state index in [2.05, 4.69) is 13.8 Å². The van der Waals surface area contributed by atoms with Crippen LogP contribution in [0.1, 0.15) is 95.3 Å². The average Bonchev–Trinajstić information content (AvgIpc) is 2.83. The number of ketones is 1. The molecule has 2 rings (SSSR count). The Morgan fingerprint density at radius 1 is 0.763 bits per heavy atom. The second-order valence-electron chi connectivity index (χ2n) is 11.5. The molecule has 2 aromatic rings. The number of ether oxygens (including phenoxy) is 3. The number of allylic oxidation sites excluding steroid dienone is 1. The molecule has 0 spiro atoms. The van der Waals surface area contributed by atoms with Gasteiger partial charge < -0.3 is 14.2 Å². The van der Waals surface area contributed by atoms with E-state index in [1.165, 1.54) is 6.08 Å². The molecule has 0 aliphatic rings. The molecule has 0 aliphatic carbocycles. The van der Waals surface area contributed by atoms with Gasteiger partial charge in [-0.05, 0) is 108 Å². The molecule has 0 fully saturated rings. The first-order valence-corrected chi connectivity index (χ1v) is 13.2. The van der Waals surface area contributed by atoms with E-state index in [9.17, 15) is 14.4 Å². The summed E-state index contributed by atoms with van der Waals surface area (Å²) in [6.07, 6.45) is 6.41. The molecule has 0 radical (unpaired) electrons. The van der Waals surface area contributed by atoms with E-state index in [0.29, 0.717) is 28.4 Å². The minimum Gasteiger partial charge on any atom is -0.496 e. The van der Waals surface area contributed by atoms with Crippen molar-refractivity contribution in [2.75, 3.05) is 7.11 Å². The number of hydrogen-bond acceptors (Lipinski definition) is 6. The maximum Gasteiger partial charge on any atom is 0.316 e. The number of benzene rings is 2. The summed E-state index contributed by atoms with van der Waals surface area (Å²) in [7, 11) is 1.58. The fraction of sp³-hybridized carbons (Fsp3) is 0.469. The van der Waals surface area contributed by atoms with Crippen LogP contribution in [0.2, 0.25) is 0 Å². The monoisotopic (exact) mass is 522 g/mol. The van der Waals surface area contributed by atoms with Gasteiger partial charge in [0, 0.05) is 5.56 Å². The molecule has 0 saturated heterocycles. The van der Waals surface area contributed by atoms with Crippen LogP contribution in [0.3, 0.4) is 0 Å². The highest BCUT2D eigenvalue weighted by Crippen LogP contribution is 2.39. The molecule has 2 aromatic carbocycles. The van der Waals surface area contributed by atoms with Gasteiger partial charge in [0.25, 0.3) is 0 Å². The van der Waals surface area contributed by atoms with Gasteiger partial charge in [-0.25, -0.2) is 0 Å². The molecule has 0 aliphatic heterocycles. The summed E-state index contributed by atoms with van der Waals surface area (Å²) in [5, 5.41) is 0. The number of aryl methyl sites for hydroxylation is 2. The molecular formula is C32H42O6. The number of methoxy groups -OCH3 is 1. The van der Waals surface area contributed by atoms with Crippen molar-refractivity contribution >= 4 is 23.8 Å². The minimum atomic E-state index is -0.701. The zero-order valence-electron chi connectivity index (χ0n) is 24.3. The van der Waals surface area contributed by atoms with Crippen molar-refractivity contribution in [3.05, 3.63) is 58.7 Å². The fourth-order valence-electron chi connectivity index (χ4n) is 3.66. The van der Waals surface area contributed by atoms with E-state index >= 15 is 0 Å². The van der Waals surface area contributed by atoms with Crippen LogP contribution < -0.4 is 14.2 Å². The van der Waals surface area contributed by atoms with Crippen LogP contribution in [-0.2, 0) is 22.4 Å². The van der Waals surface area contributed by atoms with Gasteiger partial charge in [0.15, 0.2) is 5.78 Å². The van der Waals surface area contributed by atoms with Gasteiger partial charge in [-0.3, -0.25) is 14.4 Å². The summed E-state index contributed by atoms with van der Waals surface area (Å²) >= 11 is 0. The Hall–Kier alpha value is -3.41.